The first-order valence-corrected chi connectivity index (χ1v) is 7.09. The van der Waals surface area contributed by atoms with Crippen LogP contribution in [0.2, 0.25) is 0 Å². The Kier molecular flexibility index (Phi) is 5.26. The van der Waals surface area contributed by atoms with Crippen molar-refractivity contribution in [1.29, 1.82) is 0 Å². The third-order valence-corrected chi connectivity index (χ3v) is 3.22. The van der Waals surface area contributed by atoms with Gasteiger partial charge in [0.05, 0.1) is 12.6 Å². The molecular formula is C17H18N2O5. The molecule has 0 bridgehead atoms. The van der Waals surface area contributed by atoms with Crippen LogP contribution in [0.1, 0.15) is 20.7 Å². The largest absolute Gasteiger partial charge is 0.472 e. The molecule has 0 spiro atoms. The Morgan fingerprint density at radius 3 is 2.54 bits per heavy atom. The second-order valence-corrected chi connectivity index (χ2v) is 4.75. The van der Waals surface area contributed by atoms with Crippen LogP contribution in [0.5, 0.6) is 5.88 Å². The van der Waals surface area contributed by atoms with Crippen LogP contribution in [0.25, 0.3) is 10.9 Å². The van der Waals surface area contributed by atoms with Crippen LogP contribution in [0.4, 0.5) is 0 Å². The summed E-state index contributed by atoms with van der Waals surface area (Å²) in [5.74, 6) is -1.03. The minimum absolute atomic E-state index is 0.153. The predicted octanol–water partition coefficient (Wildman–Crippen LogP) is 1.71. The van der Waals surface area contributed by atoms with Crippen molar-refractivity contribution in [3.8, 4) is 5.88 Å². The Morgan fingerprint density at radius 1 is 1.25 bits per heavy atom. The highest BCUT2D eigenvalue weighted by atomic mass is 16.7. The fourth-order valence-corrected chi connectivity index (χ4v) is 2.21. The summed E-state index contributed by atoms with van der Waals surface area (Å²) in [6, 6.07) is 4.64. The van der Waals surface area contributed by atoms with Gasteiger partial charge in [-0.05, 0) is 12.1 Å². The van der Waals surface area contributed by atoms with Crippen molar-refractivity contribution in [1.82, 2.24) is 4.73 Å². The van der Waals surface area contributed by atoms with Crippen LogP contribution in [0, 0.1) is 0 Å². The number of ether oxygens (including phenoxy) is 2. The Labute approximate surface area is 138 Å². The van der Waals surface area contributed by atoms with Crippen LogP contribution in [0.15, 0.2) is 43.5 Å². The summed E-state index contributed by atoms with van der Waals surface area (Å²) in [6.07, 6.45) is 3.07. The van der Waals surface area contributed by atoms with E-state index < -0.39 is 11.9 Å². The molecule has 2 N–H and O–H groups in total. The molecule has 1 heterocycles. The summed E-state index contributed by atoms with van der Waals surface area (Å²) in [5.41, 5.74) is 6.24. The maximum Gasteiger partial charge on any atom is 0.344 e. The molecule has 1 aromatic carbocycles. The number of amides is 1. The van der Waals surface area contributed by atoms with E-state index in [1.54, 1.807) is 12.1 Å². The van der Waals surface area contributed by atoms with Gasteiger partial charge in [0.2, 0.25) is 11.8 Å². The molecule has 1 amide bonds. The smallest absolute Gasteiger partial charge is 0.344 e. The van der Waals surface area contributed by atoms with Crippen molar-refractivity contribution in [3.63, 3.8) is 0 Å². The molecule has 0 atom stereocenters. The number of carbonyl (C=O) groups is 2. The first-order chi connectivity index (χ1) is 11.5. The van der Waals surface area contributed by atoms with E-state index in [1.807, 2.05) is 0 Å². The number of hydrogen-bond acceptors (Lipinski definition) is 5. The quantitative estimate of drug-likeness (QED) is 0.587. The van der Waals surface area contributed by atoms with Crippen LogP contribution < -0.4 is 15.3 Å². The minimum atomic E-state index is -0.596. The number of primary amides is 1. The van der Waals surface area contributed by atoms with E-state index in [0.717, 1.165) is 0 Å². The highest BCUT2D eigenvalue weighted by Crippen LogP contribution is 2.33. The fourth-order valence-electron chi connectivity index (χ4n) is 2.21. The lowest BCUT2D eigenvalue weighted by molar-refractivity contribution is 0.0588. The van der Waals surface area contributed by atoms with Gasteiger partial charge >= 0.3 is 5.97 Å². The number of esters is 1. The molecule has 126 valence electrons. The second kappa shape index (κ2) is 7.36. The van der Waals surface area contributed by atoms with Crippen molar-refractivity contribution in [2.45, 2.75) is 0 Å². The van der Waals surface area contributed by atoms with Gasteiger partial charge in [-0.25, -0.2) is 4.79 Å². The lowest BCUT2D eigenvalue weighted by atomic mass is 10.1. The molecule has 24 heavy (non-hydrogen) atoms. The first-order valence-electron chi connectivity index (χ1n) is 7.09. The van der Waals surface area contributed by atoms with Gasteiger partial charge in [0, 0.05) is 10.9 Å². The van der Waals surface area contributed by atoms with Crippen molar-refractivity contribution < 1.29 is 23.9 Å². The van der Waals surface area contributed by atoms with E-state index in [1.165, 1.54) is 30.0 Å². The monoisotopic (exact) mass is 330 g/mol. The number of rotatable bonds is 8. The molecule has 0 fully saturated rings. The maximum absolute atomic E-state index is 12.2. The summed E-state index contributed by atoms with van der Waals surface area (Å²) in [6.45, 7) is 7.49. The topological polar surface area (TPSA) is 92.8 Å². The van der Waals surface area contributed by atoms with E-state index >= 15 is 0 Å². The van der Waals surface area contributed by atoms with E-state index in [2.05, 4.69) is 13.2 Å². The third-order valence-electron chi connectivity index (χ3n) is 3.22. The minimum Gasteiger partial charge on any atom is -0.472 e. The second-order valence-electron chi connectivity index (χ2n) is 4.75. The zero-order valence-corrected chi connectivity index (χ0v) is 13.3. The lowest BCUT2D eigenvalue weighted by Gasteiger charge is -2.11. The highest BCUT2D eigenvalue weighted by molar-refractivity contribution is 6.08. The molecule has 2 rings (SSSR count). The number of aromatic nitrogens is 1. The molecule has 2 aromatic rings. The molecular weight excluding hydrogens is 312 g/mol. The standard InChI is InChI=1S/C17H18N2O5/c1-4-8-23-16-14(17(21)22-3)12-7-6-11(15(18)20)10-13(12)19(16)24-9-5-2/h4-7,10H,1-2,8-9H2,3H3,(H2,18,20). The zero-order valence-electron chi connectivity index (χ0n) is 13.3. The van der Waals surface area contributed by atoms with E-state index in [-0.39, 0.29) is 30.2 Å². The normalized spacial score (nSPS) is 10.2. The SMILES string of the molecule is C=CCOc1c(C(=O)OC)c2ccc(C(N)=O)cc2n1OCC=C. The molecule has 0 saturated carbocycles. The predicted molar refractivity (Wildman–Crippen MR) is 89.1 cm³/mol. The van der Waals surface area contributed by atoms with Crippen LogP contribution in [-0.4, -0.2) is 36.9 Å². The Hall–Kier alpha value is -3.22. The van der Waals surface area contributed by atoms with Crippen LogP contribution in [-0.2, 0) is 4.74 Å². The molecule has 0 radical (unpaired) electrons. The van der Waals surface area contributed by atoms with E-state index in [0.29, 0.717) is 10.9 Å². The highest BCUT2D eigenvalue weighted by Gasteiger charge is 2.26. The van der Waals surface area contributed by atoms with E-state index in [9.17, 15) is 9.59 Å². The van der Waals surface area contributed by atoms with Gasteiger partial charge in [0.25, 0.3) is 0 Å². The van der Waals surface area contributed by atoms with Gasteiger partial charge in [-0.1, -0.05) is 31.4 Å². The van der Waals surface area contributed by atoms with Crippen LogP contribution >= 0.6 is 0 Å². The van der Waals surface area contributed by atoms with Crippen molar-refractivity contribution >= 4 is 22.8 Å². The summed E-state index contributed by atoms with van der Waals surface area (Å²) in [5, 5.41) is 0.509. The lowest BCUT2D eigenvalue weighted by Crippen LogP contribution is -2.15. The summed E-state index contributed by atoms with van der Waals surface area (Å²) >= 11 is 0. The van der Waals surface area contributed by atoms with Gasteiger partial charge in [0.1, 0.15) is 18.8 Å². The summed E-state index contributed by atoms with van der Waals surface area (Å²) < 4.78 is 11.7. The molecule has 7 heteroatoms. The average Bonchev–Trinajstić information content (AvgIpc) is 2.89. The molecule has 0 saturated heterocycles. The van der Waals surface area contributed by atoms with Gasteiger partial charge in [-0.2, -0.15) is 0 Å². The number of fused-ring (bicyclic) bond motifs is 1. The Morgan fingerprint density at radius 2 is 1.96 bits per heavy atom. The maximum atomic E-state index is 12.2. The summed E-state index contributed by atoms with van der Waals surface area (Å²) in [4.78, 5) is 29.2. The fraction of sp³-hybridized carbons (Fsp3) is 0.176. The number of nitrogens with zero attached hydrogens (tertiary/aromatic N) is 1. The number of nitrogens with two attached hydrogens (primary N) is 1. The molecule has 0 aliphatic heterocycles. The molecule has 0 unspecified atom stereocenters. The average molecular weight is 330 g/mol. The number of carbonyl (C=O) groups excluding carboxylic acids is 2. The van der Waals surface area contributed by atoms with Gasteiger partial charge in [0.15, 0.2) is 0 Å². The molecule has 0 aliphatic carbocycles. The van der Waals surface area contributed by atoms with Crippen molar-refractivity contribution in [2.24, 2.45) is 5.73 Å². The van der Waals surface area contributed by atoms with Gasteiger partial charge in [-0.15, -0.1) is 4.73 Å². The number of hydrogen-bond donors (Lipinski definition) is 1. The molecule has 0 aliphatic rings. The van der Waals surface area contributed by atoms with Crippen LogP contribution in [0.3, 0.4) is 0 Å². The van der Waals surface area contributed by atoms with Crippen molar-refractivity contribution in [2.75, 3.05) is 20.3 Å². The van der Waals surface area contributed by atoms with E-state index in [4.69, 9.17) is 20.0 Å². The summed E-state index contributed by atoms with van der Waals surface area (Å²) in [7, 11) is 1.27. The number of methoxy groups -OCH3 is 1. The zero-order chi connectivity index (χ0) is 17.7. The van der Waals surface area contributed by atoms with Gasteiger partial charge < -0.3 is 20.0 Å². The number of benzene rings is 1. The van der Waals surface area contributed by atoms with Crippen molar-refractivity contribution in [3.05, 3.63) is 54.6 Å². The van der Waals surface area contributed by atoms with Gasteiger partial charge in [-0.3, -0.25) is 4.79 Å². The Balaban J connectivity index is 2.78. The third kappa shape index (κ3) is 3.10. The molecule has 7 nitrogen and oxygen atoms in total. The molecule has 1 aromatic heterocycles. The first kappa shape index (κ1) is 17.1. The Bertz CT molecular complexity index is 807.